The van der Waals surface area contributed by atoms with Crippen molar-refractivity contribution >= 4 is 31.2 Å². The first-order valence-electron chi connectivity index (χ1n) is 13.6. The van der Waals surface area contributed by atoms with Crippen molar-refractivity contribution in [1.29, 1.82) is 0 Å². The van der Waals surface area contributed by atoms with Gasteiger partial charge in [0.1, 0.15) is 18.0 Å². The van der Waals surface area contributed by atoms with Crippen LogP contribution in [0.3, 0.4) is 0 Å². The summed E-state index contributed by atoms with van der Waals surface area (Å²) >= 11 is 0. The predicted molar refractivity (Wildman–Crippen MR) is 162 cm³/mol. The van der Waals surface area contributed by atoms with Crippen molar-refractivity contribution in [3.05, 3.63) is 77.1 Å². The number of carbonyl (C=O) groups excluding carboxylic acids is 3. The van der Waals surface area contributed by atoms with Gasteiger partial charge >= 0.3 is 11.9 Å². The van der Waals surface area contributed by atoms with Crippen molar-refractivity contribution in [3.8, 4) is 11.5 Å². The molecule has 2 atom stereocenters. The van der Waals surface area contributed by atoms with E-state index >= 15 is 0 Å². The molecule has 41 heavy (non-hydrogen) atoms. The van der Waals surface area contributed by atoms with E-state index in [1.54, 1.807) is 20.1 Å². The van der Waals surface area contributed by atoms with Crippen LogP contribution in [0.1, 0.15) is 63.6 Å². The van der Waals surface area contributed by atoms with Crippen molar-refractivity contribution < 1.29 is 33.7 Å². The molecule has 0 aromatic heterocycles. The van der Waals surface area contributed by atoms with E-state index in [1.807, 2.05) is 51.1 Å². The van der Waals surface area contributed by atoms with E-state index in [-0.39, 0.29) is 36.4 Å². The summed E-state index contributed by atoms with van der Waals surface area (Å²) in [6.45, 7) is 12.4. The van der Waals surface area contributed by atoms with Crippen molar-refractivity contribution in [2.24, 2.45) is 5.41 Å². The highest BCUT2D eigenvalue weighted by Crippen LogP contribution is 2.46. The zero-order valence-electron chi connectivity index (χ0n) is 24.7. The van der Waals surface area contributed by atoms with Gasteiger partial charge in [-0.25, -0.2) is 0 Å². The van der Waals surface area contributed by atoms with Crippen LogP contribution in [-0.4, -0.2) is 43.0 Å². The Kier molecular flexibility index (Phi) is 10.7. The highest BCUT2D eigenvalue weighted by molar-refractivity contribution is 7.80. The van der Waals surface area contributed by atoms with Crippen LogP contribution in [0.15, 0.2) is 60.4 Å². The first-order chi connectivity index (χ1) is 19.4. The topological polar surface area (TPSA) is 102 Å². The number of rotatable bonds is 10. The Morgan fingerprint density at radius 1 is 1.12 bits per heavy atom. The number of anilines is 1. The van der Waals surface area contributed by atoms with Crippen LogP contribution in [0.2, 0.25) is 0 Å². The number of ether oxygens (including phenoxy) is 3. The normalized spacial score (nSPS) is 15.8. The lowest BCUT2D eigenvalue weighted by Gasteiger charge is -2.32. The minimum absolute atomic E-state index is 0.00254. The van der Waals surface area contributed by atoms with E-state index in [2.05, 4.69) is 6.58 Å². The molecule has 0 radical (unpaired) electrons. The predicted octanol–water partition coefficient (Wildman–Crippen LogP) is 7.45. The first kappa shape index (κ1) is 31.9. The summed E-state index contributed by atoms with van der Waals surface area (Å²) in [6, 6.07) is 11.3. The molecule has 1 amide bonds. The maximum atomic E-state index is 13.8. The van der Waals surface area contributed by atoms with Gasteiger partial charge in [-0.05, 0) is 101 Å². The standard InChI is InChI=1S/C32H40NO7P/c1-8-39-29(35)19-33(31(37)41(9-2)20-21(3)34)28-18-25(38-7)14-15-27(28)24-11-10-23-17-26(13-12-22(23)16-24)40-30(36)32(4,5)6/h9,12-15,17-18,20,24,34H,2,8,10-11,16,19H2,1,3-7H3/b21-20+. The lowest BCUT2D eigenvalue weighted by Crippen LogP contribution is -2.35. The van der Waals surface area contributed by atoms with Gasteiger partial charge in [-0.1, -0.05) is 24.5 Å². The average molecular weight is 582 g/mol. The molecule has 0 bridgehead atoms. The van der Waals surface area contributed by atoms with Crippen LogP contribution in [0, 0.1) is 5.41 Å². The number of fused-ring (bicyclic) bond motifs is 1. The molecular formula is C32H40NO7P. The van der Waals surface area contributed by atoms with Crippen molar-refractivity contribution in [3.63, 3.8) is 0 Å². The van der Waals surface area contributed by atoms with Gasteiger partial charge in [0.05, 0.1) is 30.6 Å². The highest BCUT2D eigenvalue weighted by atomic mass is 31.1. The van der Waals surface area contributed by atoms with Gasteiger partial charge in [-0.15, -0.1) is 0 Å². The maximum Gasteiger partial charge on any atom is 0.326 e. The fraction of sp³-hybridized carbons (Fsp3) is 0.406. The van der Waals surface area contributed by atoms with Gasteiger partial charge in [0.25, 0.3) is 5.65 Å². The minimum Gasteiger partial charge on any atom is -0.513 e. The summed E-state index contributed by atoms with van der Waals surface area (Å²) in [6.07, 6.45) is 2.25. The van der Waals surface area contributed by atoms with Crippen LogP contribution < -0.4 is 14.4 Å². The lowest BCUT2D eigenvalue weighted by molar-refractivity contribution is -0.143. The third-order valence-electron chi connectivity index (χ3n) is 6.76. The Bertz CT molecular complexity index is 1320. The molecule has 1 aliphatic carbocycles. The molecule has 0 spiro atoms. The molecular weight excluding hydrogens is 541 g/mol. The fourth-order valence-corrected chi connectivity index (χ4v) is 5.90. The second-order valence-electron chi connectivity index (χ2n) is 11.0. The van der Waals surface area contributed by atoms with Crippen molar-refractivity contribution in [1.82, 2.24) is 0 Å². The molecule has 2 aromatic rings. The largest absolute Gasteiger partial charge is 0.513 e. The molecule has 0 aliphatic heterocycles. The second-order valence-corrected chi connectivity index (χ2v) is 12.8. The molecule has 8 nitrogen and oxygen atoms in total. The summed E-state index contributed by atoms with van der Waals surface area (Å²) in [5.74, 6) is 3.26. The van der Waals surface area contributed by atoms with Crippen LogP contribution in [0.4, 0.5) is 10.5 Å². The number of esters is 2. The fourth-order valence-electron chi connectivity index (χ4n) is 4.67. The molecule has 0 heterocycles. The Hall–Kier alpha value is -3.64. The third-order valence-corrected chi connectivity index (χ3v) is 8.49. The van der Waals surface area contributed by atoms with Crippen LogP contribution in [0.25, 0.3) is 0 Å². The number of carbonyl (C=O) groups is 3. The number of hydrogen-bond acceptors (Lipinski definition) is 7. The van der Waals surface area contributed by atoms with Gasteiger partial charge < -0.3 is 19.3 Å². The number of hydrogen-bond donors (Lipinski definition) is 1. The molecule has 3 rings (SSSR count). The van der Waals surface area contributed by atoms with E-state index in [0.29, 0.717) is 23.6 Å². The molecule has 2 aromatic carbocycles. The molecule has 1 N–H and O–H groups in total. The number of aliphatic hydroxyl groups is 1. The molecule has 0 saturated carbocycles. The summed E-state index contributed by atoms with van der Waals surface area (Å²) in [5, 5.41) is 9.88. The third kappa shape index (κ3) is 8.20. The number of benzene rings is 2. The van der Waals surface area contributed by atoms with E-state index < -0.39 is 19.3 Å². The Morgan fingerprint density at radius 2 is 1.83 bits per heavy atom. The Balaban J connectivity index is 2.01. The van der Waals surface area contributed by atoms with Gasteiger partial charge in [-0.3, -0.25) is 19.3 Å². The van der Waals surface area contributed by atoms with Gasteiger partial charge in [0, 0.05) is 14.0 Å². The molecule has 0 fully saturated rings. The summed E-state index contributed by atoms with van der Waals surface area (Å²) in [4.78, 5) is 40.3. The smallest absolute Gasteiger partial charge is 0.326 e. The second kappa shape index (κ2) is 13.8. The zero-order valence-corrected chi connectivity index (χ0v) is 25.6. The quantitative estimate of drug-likeness (QED) is 0.135. The number of aryl methyl sites for hydroxylation is 1. The monoisotopic (exact) mass is 581 g/mol. The Morgan fingerprint density at radius 3 is 2.44 bits per heavy atom. The van der Waals surface area contributed by atoms with Crippen molar-refractivity contribution in [2.45, 2.75) is 59.8 Å². The van der Waals surface area contributed by atoms with Gasteiger partial charge in [0.15, 0.2) is 0 Å². The number of methoxy groups -OCH3 is 1. The van der Waals surface area contributed by atoms with E-state index in [1.165, 1.54) is 23.5 Å². The average Bonchev–Trinajstić information content (AvgIpc) is 2.93. The van der Waals surface area contributed by atoms with Crippen molar-refractivity contribution in [2.75, 3.05) is 25.2 Å². The Labute approximate surface area is 243 Å². The summed E-state index contributed by atoms with van der Waals surface area (Å²) in [5.41, 5.74) is 2.76. The molecule has 1 aliphatic rings. The highest BCUT2D eigenvalue weighted by Gasteiger charge is 2.31. The van der Waals surface area contributed by atoms with E-state index in [9.17, 15) is 19.5 Å². The number of allylic oxidation sites excluding steroid dienone is 1. The number of amides is 1. The molecule has 220 valence electrons. The summed E-state index contributed by atoms with van der Waals surface area (Å²) in [7, 11) is -0.0714. The van der Waals surface area contributed by atoms with E-state index in [0.717, 1.165) is 29.5 Å². The molecule has 9 heteroatoms. The summed E-state index contributed by atoms with van der Waals surface area (Å²) < 4.78 is 16.3. The van der Waals surface area contributed by atoms with Crippen LogP contribution >= 0.6 is 7.92 Å². The van der Waals surface area contributed by atoms with Gasteiger partial charge in [0.2, 0.25) is 0 Å². The minimum atomic E-state index is -1.62. The van der Waals surface area contributed by atoms with Crippen LogP contribution in [0.5, 0.6) is 11.5 Å². The van der Waals surface area contributed by atoms with Gasteiger partial charge in [-0.2, -0.15) is 0 Å². The van der Waals surface area contributed by atoms with Crippen LogP contribution in [-0.2, 0) is 27.2 Å². The zero-order chi connectivity index (χ0) is 30.3. The maximum absolute atomic E-state index is 13.8. The number of aliphatic hydroxyl groups excluding tert-OH is 1. The van der Waals surface area contributed by atoms with E-state index in [4.69, 9.17) is 14.2 Å². The SMILES string of the molecule is C=CP(/C=C(\C)O)C(=O)N(CC(=O)OCC)c1cc(OC)ccc1C1CCc2cc(OC(=O)C(C)(C)C)ccc2C1. The lowest BCUT2D eigenvalue weighted by atomic mass is 9.79. The first-order valence-corrected chi connectivity index (χ1v) is 15.1. The molecule has 0 saturated heterocycles. The molecule has 2 unspecified atom stereocenters. The number of nitrogens with zero attached hydrogens (tertiary/aromatic N) is 1.